The average molecular weight is 218 g/mol. The molecule has 0 saturated carbocycles. The Hall–Kier alpha value is 0.0600. The molecule has 0 radical (unpaired) electrons. The molecule has 0 heterocycles. The monoisotopic (exact) mass is 218 g/mol. The molecule has 0 aliphatic carbocycles. The third kappa shape index (κ3) is 12.1. The molecule has 0 aliphatic heterocycles. The molecule has 0 bridgehead atoms. The van der Waals surface area contributed by atoms with Gasteiger partial charge in [-0.05, 0) is 20.8 Å². The highest BCUT2D eigenvalue weighted by molar-refractivity contribution is 7.95. The zero-order valence-electron chi connectivity index (χ0n) is 7.77. The first kappa shape index (κ1) is 13.1. The lowest BCUT2D eigenvalue weighted by Gasteiger charge is -2.19. The largest absolute Gasteiger partial charge is 0.467 e. The number of halogens is 3. The highest BCUT2D eigenvalue weighted by Crippen LogP contribution is 2.30. The van der Waals surface area contributed by atoms with Gasteiger partial charge in [0.15, 0.2) is 0 Å². The molecule has 0 unspecified atom stereocenters. The van der Waals surface area contributed by atoms with Crippen molar-refractivity contribution in [1.29, 1.82) is 0 Å². The van der Waals surface area contributed by atoms with Gasteiger partial charge in [0.2, 0.25) is 0 Å². The lowest BCUT2D eigenvalue weighted by molar-refractivity contribution is -0.0443. The molecule has 13 heavy (non-hydrogen) atoms. The first-order valence-corrected chi connectivity index (χ1v) is 4.46. The second-order valence-corrected chi connectivity index (χ2v) is 4.18. The van der Waals surface area contributed by atoms with Crippen LogP contribution < -0.4 is 0 Å². The van der Waals surface area contributed by atoms with Crippen molar-refractivity contribution in [3.8, 4) is 0 Å². The molecule has 0 aromatic rings. The molecule has 6 heteroatoms. The first-order chi connectivity index (χ1) is 5.71. The maximum absolute atomic E-state index is 11.5. The summed E-state index contributed by atoms with van der Waals surface area (Å²) in [6, 6.07) is 0. The van der Waals surface area contributed by atoms with Crippen LogP contribution in [0.25, 0.3) is 0 Å². The number of ether oxygens (including phenoxy) is 1. The molecular formula is C7H13F3O2S. The van der Waals surface area contributed by atoms with Crippen LogP contribution in [0.1, 0.15) is 20.8 Å². The summed E-state index contributed by atoms with van der Waals surface area (Å²) in [7, 11) is 0. The number of rotatable bonds is 4. The van der Waals surface area contributed by atoms with Crippen LogP contribution in [0, 0.1) is 0 Å². The normalized spacial score (nSPS) is 13.4. The second-order valence-electron chi connectivity index (χ2n) is 3.31. The summed E-state index contributed by atoms with van der Waals surface area (Å²) < 4.78 is 43.9. The van der Waals surface area contributed by atoms with E-state index in [1.807, 2.05) is 20.8 Å². The molecule has 0 saturated heterocycles. The van der Waals surface area contributed by atoms with Gasteiger partial charge < -0.3 is 8.92 Å². The van der Waals surface area contributed by atoms with Crippen molar-refractivity contribution in [1.82, 2.24) is 0 Å². The Morgan fingerprint density at radius 2 is 1.62 bits per heavy atom. The maximum Gasteiger partial charge on any atom is 0.467 e. The second kappa shape index (κ2) is 5.07. The lowest BCUT2D eigenvalue weighted by Crippen LogP contribution is -2.21. The van der Waals surface area contributed by atoms with Crippen LogP contribution in [0.15, 0.2) is 0 Å². The number of alkyl halides is 3. The highest BCUT2D eigenvalue weighted by Gasteiger charge is 2.29. The van der Waals surface area contributed by atoms with Gasteiger partial charge in [-0.3, -0.25) is 0 Å². The van der Waals surface area contributed by atoms with Gasteiger partial charge in [-0.15, -0.1) is 0 Å². The van der Waals surface area contributed by atoms with Gasteiger partial charge in [-0.1, -0.05) is 0 Å². The Morgan fingerprint density at radius 1 is 1.08 bits per heavy atom. The van der Waals surface area contributed by atoms with Crippen LogP contribution in [0.5, 0.6) is 0 Å². The quantitative estimate of drug-likeness (QED) is 0.534. The summed E-state index contributed by atoms with van der Waals surface area (Å²) in [4.78, 5) is 0. The molecule has 0 rings (SSSR count). The summed E-state index contributed by atoms with van der Waals surface area (Å²) in [5, 5.41) is 0. The van der Waals surface area contributed by atoms with Crippen LogP contribution >= 0.6 is 12.0 Å². The van der Waals surface area contributed by atoms with Crippen LogP contribution in [0.2, 0.25) is 0 Å². The van der Waals surface area contributed by atoms with Gasteiger partial charge in [0.1, 0.15) is 12.0 Å². The molecule has 0 fully saturated rings. The fourth-order valence-electron chi connectivity index (χ4n) is 0.490. The van der Waals surface area contributed by atoms with E-state index in [1.165, 1.54) is 0 Å². The molecule has 0 atom stereocenters. The van der Waals surface area contributed by atoms with E-state index in [1.54, 1.807) is 0 Å². The molecule has 0 aliphatic rings. The summed E-state index contributed by atoms with van der Waals surface area (Å²) >= 11 is -0.496. The van der Waals surface area contributed by atoms with Gasteiger partial charge in [-0.2, -0.15) is 13.2 Å². The van der Waals surface area contributed by atoms with Crippen LogP contribution in [-0.2, 0) is 8.92 Å². The zero-order chi connectivity index (χ0) is 10.5. The van der Waals surface area contributed by atoms with Gasteiger partial charge >= 0.3 is 5.51 Å². The summed E-state index contributed by atoms with van der Waals surface area (Å²) in [5.74, 6) is 0. The van der Waals surface area contributed by atoms with Gasteiger partial charge in [0.05, 0.1) is 18.8 Å². The third-order valence-corrected chi connectivity index (χ3v) is 1.33. The fraction of sp³-hybridized carbons (Fsp3) is 1.00. The van der Waals surface area contributed by atoms with Crippen molar-refractivity contribution in [2.45, 2.75) is 31.9 Å². The van der Waals surface area contributed by atoms with Gasteiger partial charge in [0, 0.05) is 0 Å². The standard InChI is InChI=1S/C7H13F3O2S/c1-6(2,3)11-4-5-12-13-7(8,9)10/h4-5H2,1-3H3. The Kier molecular flexibility index (Phi) is 5.09. The molecule has 0 aromatic heterocycles. The molecule has 0 N–H and O–H groups in total. The van der Waals surface area contributed by atoms with Crippen molar-refractivity contribution < 1.29 is 22.1 Å². The highest BCUT2D eigenvalue weighted by atomic mass is 32.2. The Bertz CT molecular complexity index is 126. The molecule has 2 nitrogen and oxygen atoms in total. The van der Waals surface area contributed by atoms with E-state index in [0.717, 1.165) is 0 Å². The summed E-state index contributed by atoms with van der Waals surface area (Å²) in [6.45, 7) is 5.56. The SMILES string of the molecule is CC(C)(C)OCCOSC(F)(F)F. The molecule has 0 aromatic carbocycles. The summed E-state index contributed by atoms with van der Waals surface area (Å²) in [5.41, 5.74) is -4.67. The van der Waals surface area contributed by atoms with E-state index in [9.17, 15) is 13.2 Å². The Labute approximate surface area is 80.0 Å². The number of hydrogen-bond acceptors (Lipinski definition) is 3. The fourth-order valence-corrected chi connectivity index (χ4v) is 0.775. The summed E-state index contributed by atoms with van der Waals surface area (Å²) in [6.07, 6.45) is 0. The van der Waals surface area contributed by atoms with E-state index >= 15 is 0 Å². The maximum atomic E-state index is 11.5. The van der Waals surface area contributed by atoms with Crippen molar-refractivity contribution in [2.75, 3.05) is 13.2 Å². The predicted octanol–water partition coefficient (Wildman–Crippen LogP) is 2.99. The van der Waals surface area contributed by atoms with E-state index in [4.69, 9.17) is 4.74 Å². The average Bonchev–Trinajstić information content (AvgIpc) is 1.81. The number of hydrogen-bond donors (Lipinski definition) is 0. The first-order valence-electron chi connectivity index (χ1n) is 3.72. The Balaban J connectivity index is 3.28. The third-order valence-electron chi connectivity index (χ3n) is 0.855. The molecule has 0 spiro atoms. The minimum Gasteiger partial charge on any atom is -0.373 e. The van der Waals surface area contributed by atoms with Crippen molar-refractivity contribution in [2.24, 2.45) is 0 Å². The van der Waals surface area contributed by atoms with E-state index in [-0.39, 0.29) is 18.8 Å². The van der Waals surface area contributed by atoms with Crippen LogP contribution in [0.3, 0.4) is 0 Å². The molecular weight excluding hydrogens is 205 g/mol. The predicted molar refractivity (Wildman–Crippen MR) is 45.3 cm³/mol. The lowest BCUT2D eigenvalue weighted by atomic mass is 10.2. The van der Waals surface area contributed by atoms with Crippen LogP contribution in [-0.4, -0.2) is 24.3 Å². The van der Waals surface area contributed by atoms with E-state index < -0.39 is 17.6 Å². The Morgan fingerprint density at radius 3 is 2.00 bits per heavy atom. The zero-order valence-corrected chi connectivity index (χ0v) is 8.59. The smallest absolute Gasteiger partial charge is 0.373 e. The van der Waals surface area contributed by atoms with Crippen molar-refractivity contribution in [3.05, 3.63) is 0 Å². The van der Waals surface area contributed by atoms with Gasteiger partial charge in [0.25, 0.3) is 0 Å². The molecule has 80 valence electrons. The van der Waals surface area contributed by atoms with Crippen molar-refractivity contribution in [3.63, 3.8) is 0 Å². The van der Waals surface area contributed by atoms with Crippen molar-refractivity contribution >= 4 is 12.0 Å². The minimum atomic E-state index is -4.33. The molecule has 0 amide bonds. The van der Waals surface area contributed by atoms with Gasteiger partial charge in [-0.25, -0.2) is 0 Å². The van der Waals surface area contributed by atoms with E-state index in [2.05, 4.69) is 4.18 Å². The minimum absolute atomic E-state index is 0.0680. The van der Waals surface area contributed by atoms with E-state index in [0.29, 0.717) is 0 Å². The van der Waals surface area contributed by atoms with Crippen LogP contribution in [0.4, 0.5) is 13.2 Å². The topological polar surface area (TPSA) is 18.5 Å².